The van der Waals surface area contributed by atoms with Gasteiger partial charge in [0.25, 0.3) is 0 Å². The lowest BCUT2D eigenvalue weighted by molar-refractivity contribution is 0.273. The van der Waals surface area contributed by atoms with Crippen molar-refractivity contribution in [2.45, 2.75) is 25.4 Å². The number of hydrogen-bond donors (Lipinski definition) is 3. The van der Waals surface area contributed by atoms with Crippen molar-refractivity contribution in [2.75, 3.05) is 13.1 Å². The summed E-state index contributed by atoms with van der Waals surface area (Å²) in [5.74, 6) is 0.328. The van der Waals surface area contributed by atoms with E-state index in [1.807, 2.05) is 18.2 Å². The Labute approximate surface area is 90.5 Å². The second kappa shape index (κ2) is 3.83. The largest absolute Gasteiger partial charge is 0.508 e. The molecule has 0 saturated carbocycles. The molecule has 1 aromatic carbocycles. The van der Waals surface area contributed by atoms with Gasteiger partial charge in [-0.05, 0) is 31.5 Å². The van der Waals surface area contributed by atoms with Crippen LogP contribution in [0.5, 0.6) is 5.75 Å². The molecule has 1 saturated heterocycles. The van der Waals surface area contributed by atoms with Crippen molar-refractivity contribution in [3.8, 4) is 5.75 Å². The fourth-order valence-corrected chi connectivity index (χ4v) is 1.88. The van der Waals surface area contributed by atoms with Crippen LogP contribution in [0, 0.1) is 0 Å². The van der Waals surface area contributed by atoms with E-state index in [-0.39, 0.29) is 5.54 Å². The zero-order chi connectivity index (χ0) is 10.9. The van der Waals surface area contributed by atoms with E-state index < -0.39 is 0 Å². The zero-order valence-corrected chi connectivity index (χ0v) is 9.25. The van der Waals surface area contributed by atoms with Crippen molar-refractivity contribution >= 4 is 0 Å². The molecule has 2 rings (SSSR count). The van der Waals surface area contributed by atoms with Crippen LogP contribution >= 0.6 is 0 Å². The van der Waals surface area contributed by atoms with E-state index in [1.165, 1.54) is 0 Å². The first-order valence-electron chi connectivity index (χ1n) is 5.36. The van der Waals surface area contributed by atoms with Crippen molar-refractivity contribution in [1.29, 1.82) is 0 Å². The summed E-state index contributed by atoms with van der Waals surface area (Å²) in [5.41, 5.74) is 1.03. The molecule has 0 atom stereocenters. The second-order valence-corrected chi connectivity index (χ2v) is 4.67. The van der Waals surface area contributed by atoms with Crippen molar-refractivity contribution in [1.82, 2.24) is 10.6 Å². The molecule has 15 heavy (non-hydrogen) atoms. The first-order valence-corrected chi connectivity index (χ1v) is 5.36. The van der Waals surface area contributed by atoms with Gasteiger partial charge in [-0.1, -0.05) is 12.1 Å². The Balaban J connectivity index is 2.12. The van der Waals surface area contributed by atoms with E-state index in [2.05, 4.69) is 24.5 Å². The lowest BCUT2D eigenvalue weighted by Crippen LogP contribution is -2.59. The van der Waals surface area contributed by atoms with Crippen LogP contribution in [-0.2, 0) is 5.54 Å². The van der Waals surface area contributed by atoms with E-state index in [4.69, 9.17) is 0 Å². The van der Waals surface area contributed by atoms with Gasteiger partial charge in [0.2, 0.25) is 0 Å². The molecule has 0 aromatic heterocycles. The highest BCUT2D eigenvalue weighted by molar-refractivity contribution is 5.31. The fraction of sp³-hybridized carbons (Fsp3) is 0.500. The van der Waals surface area contributed by atoms with Crippen LogP contribution in [0.25, 0.3) is 0 Å². The number of hydrogen-bond acceptors (Lipinski definition) is 3. The molecule has 3 nitrogen and oxygen atoms in total. The summed E-state index contributed by atoms with van der Waals surface area (Å²) in [4.78, 5) is 0. The molecule has 0 aliphatic carbocycles. The third-order valence-corrected chi connectivity index (χ3v) is 2.91. The van der Waals surface area contributed by atoms with E-state index >= 15 is 0 Å². The van der Waals surface area contributed by atoms with Crippen LogP contribution in [0.15, 0.2) is 24.3 Å². The summed E-state index contributed by atoms with van der Waals surface area (Å²) in [5, 5.41) is 16.2. The Hall–Kier alpha value is -1.06. The molecule has 1 aromatic rings. The molecule has 0 bridgehead atoms. The molecular weight excluding hydrogens is 188 g/mol. The number of nitrogens with one attached hydrogen (secondary N) is 2. The second-order valence-electron chi connectivity index (χ2n) is 4.67. The number of phenols is 1. The van der Waals surface area contributed by atoms with Gasteiger partial charge >= 0.3 is 0 Å². The van der Waals surface area contributed by atoms with Crippen LogP contribution in [0.1, 0.15) is 19.4 Å². The van der Waals surface area contributed by atoms with E-state index in [0.717, 1.165) is 18.7 Å². The first-order chi connectivity index (χ1) is 7.08. The maximum Gasteiger partial charge on any atom is 0.115 e. The van der Waals surface area contributed by atoms with Gasteiger partial charge in [0.05, 0.1) is 0 Å². The average Bonchev–Trinajstić information content (AvgIpc) is 2.12. The highest BCUT2D eigenvalue weighted by atomic mass is 16.3. The van der Waals surface area contributed by atoms with Crippen LogP contribution in [0.4, 0.5) is 0 Å². The van der Waals surface area contributed by atoms with Crippen LogP contribution in [0.3, 0.4) is 0 Å². The molecule has 1 fully saturated rings. The fourth-order valence-electron chi connectivity index (χ4n) is 1.88. The predicted octanol–water partition coefficient (Wildman–Crippen LogP) is 1.19. The molecule has 3 N–H and O–H groups in total. The van der Waals surface area contributed by atoms with E-state index in [9.17, 15) is 5.11 Å². The third kappa shape index (κ3) is 2.30. The zero-order valence-electron chi connectivity index (χ0n) is 9.25. The lowest BCUT2D eigenvalue weighted by atomic mass is 9.92. The Morgan fingerprint density at radius 3 is 2.67 bits per heavy atom. The molecule has 0 radical (unpaired) electrons. The molecule has 0 unspecified atom stereocenters. The molecule has 3 heteroatoms. The predicted molar refractivity (Wildman–Crippen MR) is 60.9 cm³/mol. The van der Waals surface area contributed by atoms with Crippen molar-refractivity contribution in [3.63, 3.8) is 0 Å². The summed E-state index contributed by atoms with van der Waals surface area (Å²) in [6.07, 6.45) is 0. The Bertz CT molecular complexity index is 345. The van der Waals surface area contributed by atoms with Gasteiger partial charge in [0.1, 0.15) is 5.75 Å². The SMILES string of the molecule is CC(C)(NC1CNC1)c1cccc(O)c1. The van der Waals surface area contributed by atoms with E-state index in [1.54, 1.807) is 6.07 Å². The molecule has 1 aliphatic rings. The monoisotopic (exact) mass is 206 g/mol. The topological polar surface area (TPSA) is 44.3 Å². The van der Waals surface area contributed by atoms with Gasteiger partial charge < -0.3 is 15.7 Å². The minimum absolute atomic E-state index is 0.0918. The summed E-state index contributed by atoms with van der Waals surface area (Å²) >= 11 is 0. The lowest BCUT2D eigenvalue weighted by Gasteiger charge is -2.37. The smallest absolute Gasteiger partial charge is 0.115 e. The minimum Gasteiger partial charge on any atom is -0.508 e. The third-order valence-electron chi connectivity index (χ3n) is 2.91. The number of benzene rings is 1. The molecule has 1 heterocycles. The summed E-state index contributed by atoms with van der Waals surface area (Å²) in [6.45, 7) is 6.34. The number of rotatable bonds is 3. The van der Waals surface area contributed by atoms with Gasteiger partial charge in [-0.3, -0.25) is 0 Å². The summed E-state index contributed by atoms with van der Waals surface area (Å²) < 4.78 is 0. The minimum atomic E-state index is -0.0918. The van der Waals surface area contributed by atoms with Gasteiger partial charge in [-0.15, -0.1) is 0 Å². The highest BCUT2D eigenvalue weighted by Gasteiger charge is 2.27. The molecular formula is C12H18N2O. The standard InChI is InChI=1S/C12H18N2O/c1-12(2,14-10-7-13-8-10)9-4-3-5-11(15)6-9/h3-6,10,13-15H,7-8H2,1-2H3. The first kappa shape index (κ1) is 10.5. The highest BCUT2D eigenvalue weighted by Crippen LogP contribution is 2.24. The quantitative estimate of drug-likeness (QED) is 0.696. The molecule has 0 spiro atoms. The normalized spacial score (nSPS) is 17.5. The maximum absolute atomic E-state index is 9.44. The Morgan fingerprint density at radius 1 is 1.40 bits per heavy atom. The molecule has 1 aliphatic heterocycles. The van der Waals surface area contributed by atoms with Crippen LogP contribution in [0.2, 0.25) is 0 Å². The van der Waals surface area contributed by atoms with Crippen LogP contribution in [-0.4, -0.2) is 24.2 Å². The molecule has 0 amide bonds. The van der Waals surface area contributed by atoms with E-state index in [0.29, 0.717) is 11.8 Å². The van der Waals surface area contributed by atoms with Gasteiger partial charge in [-0.25, -0.2) is 0 Å². The Morgan fingerprint density at radius 2 is 2.13 bits per heavy atom. The van der Waals surface area contributed by atoms with Crippen molar-refractivity contribution in [2.24, 2.45) is 0 Å². The van der Waals surface area contributed by atoms with Gasteiger partial charge in [0.15, 0.2) is 0 Å². The average molecular weight is 206 g/mol. The maximum atomic E-state index is 9.44. The summed E-state index contributed by atoms with van der Waals surface area (Å²) in [6, 6.07) is 7.98. The van der Waals surface area contributed by atoms with Gasteiger partial charge in [0, 0.05) is 24.7 Å². The van der Waals surface area contributed by atoms with Gasteiger partial charge in [-0.2, -0.15) is 0 Å². The van der Waals surface area contributed by atoms with Crippen LogP contribution < -0.4 is 10.6 Å². The Kier molecular flexibility index (Phi) is 2.67. The molecule has 82 valence electrons. The summed E-state index contributed by atoms with van der Waals surface area (Å²) in [7, 11) is 0. The number of aromatic hydroxyl groups is 1. The van der Waals surface area contributed by atoms with Crippen molar-refractivity contribution < 1.29 is 5.11 Å². The number of phenolic OH excluding ortho intramolecular Hbond substituents is 1. The van der Waals surface area contributed by atoms with Crippen molar-refractivity contribution in [3.05, 3.63) is 29.8 Å².